The fourth-order valence-electron chi connectivity index (χ4n) is 1.43. The van der Waals surface area contributed by atoms with Gasteiger partial charge in [0, 0.05) is 0 Å². The van der Waals surface area contributed by atoms with Crippen molar-refractivity contribution in [2.45, 2.75) is 19.9 Å². The fourth-order valence-corrected chi connectivity index (χ4v) is 1.43. The number of halogens is 1. The van der Waals surface area contributed by atoms with Crippen LogP contribution in [0.2, 0.25) is 0 Å². The summed E-state index contributed by atoms with van der Waals surface area (Å²) in [6.07, 6.45) is 0. The lowest BCUT2D eigenvalue weighted by Gasteiger charge is -2.12. The van der Waals surface area contributed by atoms with Crippen molar-refractivity contribution >= 4 is 5.78 Å². The summed E-state index contributed by atoms with van der Waals surface area (Å²) in [4.78, 5) is 11.7. The van der Waals surface area contributed by atoms with Gasteiger partial charge in [-0.25, -0.2) is 4.39 Å². The van der Waals surface area contributed by atoms with E-state index in [0.29, 0.717) is 11.3 Å². The van der Waals surface area contributed by atoms with Gasteiger partial charge in [0.05, 0.1) is 18.7 Å². The number of nitrogens with two attached hydrogens (primary N) is 1. The van der Waals surface area contributed by atoms with Crippen molar-refractivity contribution in [2.24, 2.45) is 5.73 Å². The summed E-state index contributed by atoms with van der Waals surface area (Å²) in [7, 11) is 1.44. The average molecular weight is 211 g/mol. The molecule has 0 radical (unpaired) electrons. The van der Waals surface area contributed by atoms with Crippen molar-refractivity contribution in [2.75, 3.05) is 7.11 Å². The van der Waals surface area contributed by atoms with Crippen LogP contribution in [0.25, 0.3) is 0 Å². The molecule has 1 aromatic carbocycles. The maximum Gasteiger partial charge on any atom is 0.183 e. The Balaban J connectivity index is 3.32. The van der Waals surface area contributed by atoms with E-state index in [1.54, 1.807) is 13.8 Å². The molecule has 0 saturated carbocycles. The molecule has 82 valence electrons. The van der Waals surface area contributed by atoms with Crippen LogP contribution in [0.1, 0.15) is 22.8 Å². The Morgan fingerprint density at radius 1 is 1.53 bits per heavy atom. The zero-order valence-corrected chi connectivity index (χ0v) is 9.00. The monoisotopic (exact) mass is 211 g/mol. The molecule has 0 bridgehead atoms. The maximum absolute atomic E-state index is 13.1. The minimum absolute atomic E-state index is 0.199. The number of rotatable bonds is 3. The Hall–Kier alpha value is -1.42. The van der Waals surface area contributed by atoms with Crippen LogP contribution in [-0.2, 0) is 0 Å². The van der Waals surface area contributed by atoms with Gasteiger partial charge in [0.1, 0.15) is 11.6 Å². The predicted octanol–water partition coefficient (Wildman–Crippen LogP) is 1.67. The normalized spacial score (nSPS) is 12.3. The third kappa shape index (κ3) is 2.33. The van der Waals surface area contributed by atoms with Crippen LogP contribution in [0.15, 0.2) is 12.1 Å². The van der Waals surface area contributed by atoms with Gasteiger partial charge >= 0.3 is 0 Å². The number of ether oxygens (including phenoxy) is 1. The number of benzene rings is 1. The molecule has 1 atom stereocenters. The van der Waals surface area contributed by atoms with Crippen molar-refractivity contribution in [3.05, 3.63) is 29.1 Å². The molecular formula is C11H14FNO2. The van der Waals surface area contributed by atoms with Gasteiger partial charge in [-0.05, 0) is 31.5 Å². The van der Waals surface area contributed by atoms with E-state index < -0.39 is 11.9 Å². The van der Waals surface area contributed by atoms with Crippen LogP contribution < -0.4 is 10.5 Å². The molecular weight excluding hydrogens is 197 g/mol. The van der Waals surface area contributed by atoms with E-state index in [1.165, 1.54) is 13.2 Å². The molecule has 0 amide bonds. The summed E-state index contributed by atoms with van der Waals surface area (Å²) < 4.78 is 18.2. The zero-order valence-electron chi connectivity index (χ0n) is 9.00. The van der Waals surface area contributed by atoms with E-state index in [9.17, 15) is 9.18 Å². The summed E-state index contributed by atoms with van der Waals surface area (Å²) in [6, 6.07) is 1.80. The number of Topliss-reactive ketones (excluding diaryl/α,β-unsaturated/α-hetero) is 1. The highest BCUT2D eigenvalue weighted by Gasteiger charge is 2.18. The Morgan fingerprint density at radius 2 is 2.13 bits per heavy atom. The molecule has 1 unspecified atom stereocenters. The minimum atomic E-state index is -0.667. The van der Waals surface area contributed by atoms with Gasteiger partial charge < -0.3 is 10.5 Å². The molecule has 0 saturated heterocycles. The van der Waals surface area contributed by atoms with E-state index in [-0.39, 0.29) is 11.3 Å². The highest BCUT2D eigenvalue weighted by atomic mass is 19.1. The van der Waals surface area contributed by atoms with E-state index in [1.807, 2.05) is 0 Å². The molecule has 3 nitrogen and oxygen atoms in total. The SMILES string of the molecule is COc1c(C)cc(F)cc1C(=O)C(C)N. The molecule has 1 rings (SSSR count). The average Bonchev–Trinajstić information content (AvgIpc) is 2.15. The first-order valence-electron chi connectivity index (χ1n) is 4.61. The predicted molar refractivity (Wildman–Crippen MR) is 55.7 cm³/mol. The Bertz CT molecular complexity index is 388. The van der Waals surface area contributed by atoms with Crippen LogP contribution in [0.5, 0.6) is 5.75 Å². The third-order valence-electron chi connectivity index (χ3n) is 2.12. The quantitative estimate of drug-likeness (QED) is 0.774. The Labute approximate surface area is 88.0 Å². The minimum Gasteiger partial charge on any atom is -0.496 e. The summed E-state index contributed by atoms with van der Waals surface area (Å²) in [5, 5.41) is 0. The fraction of sp³-hybridized carbons (Fsp3) is 0.364. The van der Waals surface area contributed by atoms with Gasteiger partial charge in [0.2, 0.25) is 0 Å². The van der Waals surface area contributed by atoms with Crippen molar-refractivity contribution in [3.8, 4) is 5.75 Å². The molecule has 0 aromatic heterocycles. The largest absolute Gasteiger partial charge is 0.496 e. The van der Waals surface area contributed by atoms with Gasteiger partial charge in [0.25, 0.3) is 0 Å². The molecule has 0 fully saturated rings. The lowest BCUT2D eigenvalue weighted by molar-refractivity contribution is 0.0964. The zero-order chi connectivity index (χ0) is 11.6. The van der Waals surface area contributed by atoms with Crippen molar-refractivity contribution in [3.63, 3.8) is 0 Å². The van der Waals surface area contributed by atoms with Crippen LogP contribution in [0, 0.1) is 12.7 Å². The summed E-state index contributed by atoms with van der Waals surface area (Å²) in [6.45, 7) is 3.24. The van der Waals surface area contributed by atoms with Crippen molar-refractivity contribution < 1.29 is 13.9 Å². The number of hydrogen-bond acceptors (Lipinski definition) is 3. The van der Waals surface area contributed by atoms with Gasteiger partial charge in [-0.1, -0.05) is 0 Å². The topological polar surface area (TPSA) is 52.3 Å². The van der Waals surface area contributed by atoms with Crippen LogP contribution >= 0.6 is 0 Å². The number of carbonyl (C=O) groups is 1. The van der Waals surface area contributed by atoms with E-state index in [4.69, 9.17) is 10.5 Å². The maximum atomic E-state index is 13.1. The highest BCUT2D eigenvalue weighted by molar-refractivity contribution is 6.02. The summed E-state index contributed by atoms with van der Waals surface area (Å²) >= 11 is 0. The van der Waals surface area contributed by atoms with Crippen molar-refractivity contribution in [1.82, 2.24) is 0 Å². The van der Waals surface area contributed by atoms with Gasteiger partial charge in [-0.3, -0.25) is 4.79 Å². The first-order chi connectivity index (χ1) is 6.97. The lowest BCUT2D eigenvalue weighted by atomic mass is 10.0. The summed E-state index contributed by atoms with van der Waals surface area (Å²) in [5.41, 5.74) is 6.25. The first-order valence-corrected chi connectivity index (χ1v) is 4.61. The number of carbonyl (C=O) groups excluding carboxylic acids is 1. The van der Waals surface area contributed by atoms with Gasteiger partial charge in [0.15, 0.2) is 5.78 Å². The van der Waals surface area contributed by atoms with Gasteiger partial charge in [-0.2, -0.15) is 0 Å². The molecule has 0 heterocycles. The number of ketones is 1. The molecule has 0 spiro atoms. The van der Waals surface area contributed by atoms with Crippen LogP contribution in [-0.4, -0.2) is 18.9 Å². The van der Waals surface area contributed by atoms with E-state index >= 15 is 0 Å². The Kier molecular flexibility index (Phi) is 3.42. The molecule has 0 aliphatic carbocycles. The van der Waals surface area contributed by atoms with Crippen molar-refractivity contribution in [1.29, 1.82) is 0 Å². The van der Waals surface area contributed by atoms with E-state index in [2.05, 4.69) is 0 Å². The van der Waals surface area contributed by atoms with Crippen LogP contribution in [0.4, 0.5) is 4.39 Å². The molecule has 15 heavy (non-hydrogen) atoms. The first kappa shape index (κ1) is 11.7. The van der Waals surface area contributed by atoms with Crippen LogP contribution in [0.3, 0.4) is 0 Å². The Morgan fingerprint density at radius 3 is 2.60 bits per heavy atom. The second kappa shape index (κ2) is 4.40. The van der Waals surface area contributed by atoms with E-state index in [0.717, 1.165) is 6.07 Å². The molecule has 0 aliphatic heterocycles. The highest BCUT2D eigenvalue weighted by Crippen LogP contribution is 2.25. The molecule has 0 aliphatic rings. The second-order valence-electron chi connectivity index (χ2n) is 3.46. The van der Waals surface area contributed by atoms with Gasteiger partial charge in [-0.15, -0.1) is 0 Å². The standard InChI is InChI=1S/C11H14FNO2/c1-6-4-8(12)5-9(11(6)15-3)10(14)7(2)13/h4-5,7H,13H2,1-3H3. The number of methoxy groups -OCH3 is 1. The smallest absolute Gasteiger partial charge is 0.183 e. The number of aryl methyl sites for hydroxylation is 1. The third-order valence-corrected chi connectivity index (χ3v) is 2.12. The molecule has 1 aromatic rings. The lowest BCUT2D eigenvalue weighted by Crippen LogP contribution is -2.27. The molecule has 4 heteroatoms. The molecule has 2 N–H and O–H groups in total. The summed E-state index contributed by atoms with van der Waals surface area (Å²) in [5.74, 6) is -0.398. The number of hydrogen-bond donors (Lipinski definition) is 1. The second-order valence-corrected chi connectivity index (χ2v) is 3.46.